The van der Waals surface area contributed by atoms with Crippen molar-refractivity contribution in [2.75, 3.05) is 5.43 Å². The highest BCUT2D eigenvalue weighted by Gasteiger charge is 1.97. The van der Waals surface area contributed by atoms with Crippen LogP contribution in [0.15, 0.2) is 58.1 Å². The van der Waals surface area contributed by atoms with E-state index in [1.807, 2.05) is 55.5 Å². The highest BCUT2D eigenvalue weighted by Crippen LogP contribution is 2.15. The van der Waals surface area contributed by atoms with Crippen molar-refractivity contribution in [1.82, 2.24) is 0 Å². The third-order valence-corrected chi connectivity index (χ3v) is 3.20. The van der Waals surface area contributed by atoms with E-state index in [9.17, 15) is 0 Å². The van der Waals surface area contributed by atoms with Gasteiger partial charge in [-0.05, 0) is 42.8 Å². The largest absolute Gasteiger partial charge is 0.278 e. The van der Waals surface area contributed by atoms with Crippen LogP contribution in [-0.2, 0) is 0 Å². The fourth-order valence-electron chi connectivity index (χ4n) is 1.46. The number of nitrogens with zero attached hydrogens (tertiary/aromatic N) is 1. The molecule has 2 aromatic rings. The molecule has 0 aliphatic rings. The first-order chi connectivity index (χ1) is 8.65. The van der Waals surface area contributed by atoms with Crippen LogP contribution >= 0.6 is 27.5 Å². The van der Waals surface area contributed by atoms with Crippen LogP contribution in [-0.4, -0.2) is 5.71 Å². The van der Waals surface area contributed by atoms with Crippen molar-refractivity contribution in [3.8, 4) is 0 Å². The second kappa shape index (κ2) is 6.03. The SMILES string of the molecule is CC(=NNc1cccc(Cl)c1)c1ccc(Br)cc1. The summed E-state index contributed by atoms with van der Waals surface area (Å²) in [7, 11) is 0. The first-order valence-electron chi connectivity index (χ1n) is 5.47. The van der Waals surface area contributed by atoms with Gasteiger partial charge in [0.25, 0.3) is 0 Å². The zero-order valence-corrected chi connectivity index (χ0v) is 12.2. The van der Waals surface area contributed by atoms with Crippen LogP contribution < -0.4 is 5.43 Å². The number of hydrogen-bond acceptors (Lipinski definition) is 2. The molecule has 0 aromatic heterocycles. The van der Waals surface area contributed by atoms with E-state index in [-0.39, 0.29) is 0 Å². The molecule has 18 heavy (non-hydrogen) atoms. The minimum absolute atomic E-state index is 0.691. The molecule has 0 fully saturated rings. The van der Waals surface area contributed by atoms with E-state index in [2.05, 4.69) is 26.5 Å². The van der Waals surface area contributed by atoms with Crippen LogP contribution in [0.4, 0.5) is 5.69 Å². The van der Waals surface area contributed by atoms with Gasteiger partial charge in [-0.15, -0.1) is 0 Å². The van der Waals surface area contributed by atoms with Crippen molar-refractivity contribution in [3.63, 3.8) is 0 Å². The van der Waals surface area contributed by atoms with E-state index in [0.717, 1.165) is 21.4 Å². The van der Waals surface area contributed by atoms with Crippen LogP contribution in [0, 0.1) is 0 Å². The van der Waals surface area contributed by atoms with E-state index in [4.69, 9.17) is 11.6 Å². The standard InChI is InChI=1S/C14H12BrClN2/c1-10(11-5-7-12(15)8-6-11)17-18-14-4-2-3-13(16)9-14/h2-9,18H,1H3. The maximum absolute atomic E-state index is 5.90. The van der Waals surface area contributed by atoms with Gasteiger partial charge in [0.2, 0.25) is 0 Å². The Hall–Kier alpha value is -1.32. The number of rotatable bonds is 3. The highest BCUT2D eigenvalue weighted by molar-refractivity contribution is 9.10. The Morgan fingerprint density at radius 2 is 1.89 bits per heavy atom. The normalized spacial score (nSPS) is 11.4. The summed E-state index contributed by atoms with van der Waals surface area (Å²) in [4.78, 5) is 0. The van der Waals surface area contributed by atoms with E-state index in [0.29, 0.717) is 5.02 Å². The second-order valence-electron chi connectivity index (χ2n) is 3.83. The van der Waals surface area contributed by atoms with Gasteiger partial charge < -0.3 is 0 Å². The number of anilines is 1. The Kier molecular flexibility index (Phi) is 4.39. The van der Waals surface area contributed by atoms with E-state index < -0.39 is 0 Å². The molecule has 0 radical (unpaired) electrons. The Morgan fingerprint density at radius 1 is 1.17 bits per heavy atom. The summed E-state index contributed by atoms with van der Waals surface area (Å²) in [6.45, 7) is 1.96. The number of hydrogen-bond donors (Lipinski definition) is 1. The summed E-state index contributed by atoms with van der Waals surface area (Å²) in [5.74, 6) is 0. The van der Waals surface area contributed by atoms with Crippen molar-refractivity contribution < 1.29 is 0 Å². The molecule has 4 heteroatoms. The van der Waals surface area contributed by atoms with Crippen LogP contribution in [0.2, 0.25) is 5.02 Å². The zero-order chi connectivity index (χ0) is 13.0. The first-order valence-corrected chi connectivity index (χ1v) is 6.64. The minimum Gasteiger partial charge on any atom is -0.278 e. The Labute approximate surface area is 120 Å². The molecule has 0 bridgehead atoms. The van der Waals surface area contributed by atoms with E-state index >= 15 is 0 Å². The van der Waals surface area contributed by atoms with Gasteiger partial charge in [0, 0.05) is 9.50 Å². The third kappa shape index (κ3) is 3.59. The Bertz CT molecular complexity index is 564. The summed E-state index contributed by atoms with van der Waals surface area (Å²) < 4.78 is 1.06. The molecule has 2 rings (SSSR count). The maximum atomic E-state index is 5.90. The van der Waals surface area contributed by atoms with Gasteiger partial charge in [0.15, 0.2) is 0 Å². The Morgan fingerprint density at radius 3 is 2.56 bits per heavy atom. The van der Waals surface area contributed by atoms with Gasteiger partial charge in [-0.25, -0.2) is 0 Å². The second-order valence-corrected chi connectivity index (χ2v) is 5.18. The fraction of sp³-hybridized carbons (Fsp3) is 0.0714. The van der Waals surface area contributed by atoms with Crippen molar-refractivity contribution in [2.24, 2.45) is 5.10 Å². The van der Waals surface area contributed by atoms with Gasteiger partial charge in [-0.2, -0.15) is 5.10 Å². The van der Waals surface area contributed by atoms with Gasteiger partial charge in [0.1, 0.15) is 0 Å². The maximum Gasteiger partial charge on any atom is 0.0648 e. The summed E-state index contributed by atoms with van der Waals surface area (Å²) in [6.07, 6.45) is 0. The van der Waals surface area contributed by atoms with Gasteiger partial charge >= 0.3 is 0 Å². The van der Waals surface area contributed by atoms with Gasteiger partial charge in [-0.1, -0.05) is 45.7 Å². The molecule has 2 nitrogen and oxygen atoms in total. The smallest absolute Gasteiger partial charge is 0.0648 e. The molecule has 92 valence electrons. The summed E-state index contributed by atoms with van der Waals surface area (Å²) in [6, 6.07) is 15.5. The molecule has 0 aliphatic heterocycles. The lowest BCUT2D eigenvalue weighted by molar-refractivity contribution is 1.32. The van der Waals surface area contributed by atoms with E-state index in [1.54, 1.807) is 0 Å². The van der Waals surface area contributed by atoms with Crippen molar-refractivity contribution in [1.29, 1.82) is 0 Å². The van der Waals surface area contributed by atoms with Gasteiger partial charge in [-0.3, -0.25) is 5.43 Å². The summed E-state index contributed by atoms with van der Waals surface area (Å²) >= 11 is 9.31. The molecular weight excluding hydrogens is 312 g/mol. The number of nitrogens with one attached hydrogen (secondary N) is 1. The number of hydrazone groups is 1. The quantitative estimate of drug-likeness (QED) is 0.628. The molecule has 1 N–H and O–H groups in total. The molecular formula is C14H12BrClN2. The van der Waals surface area contributed by atoms with Crippen LogP contribution in [0.25, 0.3) is 0 Å². The summed E-state index contributed by atoms with van der Waals surface area (Å²) in [5.41, 5.74) is 5.86. The van der Waals surface area contributed by atoms with Gasteiger partial charge in [0.05, 0.1) is 11.4 Å². The van der Waals surface area contributed by atoms with Crippen LogP contribution in [0.1, 0.15) is 12.5 Å². The minimum atomic E-state index is 0.691. The average Bonchev–Trinajstić information content (AvgIpc) is 2.37. The fourth-order valence-corrected chi connectivity index (χ4v) is 1.92. The predicted octanol–water partition coefficient (Wildman–Crippen LogP) is 4.94. The number of benzene rings is 2. The predicted molar refractivity (Wildman–Crippen MR) is 81.4 cm³/mol. The summed E-state index contributed by atoms with van der Waals surface area (Å²) in [5, 5.41) is 5.02. The monoisotopic (exact) mass is 322 g/mol. The molecule has 0 atom stereocenters. The third-order valence-electron chi connectivity index (χ3n) is 2.44. The molecule has 0 amide bonds. The lowest BCUT2D eigenvalue weighted by atomic mass is 10.1. The lowest BCUT2D eigenvalue weighted by Gasteiger charge is -2.04. The van der Waals surface area contributed by atoms with Crippen molar-refractivity contribution >= 4 is 38.9 Å². The molecule has 0 unspecified atom stereocenters. The number of halogens is 2. The first kappa shape index (κ1) is 13.1. The van der Waals surface area contributed by atoms with Crippen LogP contribution in [0.5, 0.6) is 0 Å². The topological polar surface area (TPSA) is 24.4 Å². The van der Waals surface area contributed by atoms with Crippen molar-refractivity contribution in [2.45, 2.75) is 6.92 Å². The molecule has 2 aromatic carbocycles. The lowest BCUT2D eigenvalue weighted by Crippen LogP contribution is -1.99. The molecule has 0 spiro atoms. The Balaban J connectivity index is 2.11. The molecule has 0 heterocycles. The van der Waals surface area contributed by atoms with Crippen molar-refractivity contribution in [3.05, 3.63) is 63.6 Å². The molecule has 0 saturated carbocycles. The van der Waals surface area contributed by atoms with E-state index in [1.165, 1.54) is 0 Å². The highest BCUT2D eigenvalue weighted by atomic mass is 79.9. The van der Waals surface area contributed by atoms with Crippen LogP contribution in [0.3, 0.4) is 0 Å². The zero-order valence-electron chi connectivity index (χ0n) is 9.82. The average molecular weight is 324 g/mol. The molecule has 0 aliphatic carbocycles. The molecule has 0 saturated heterocycles.